The summed E-state index contributed by atoms with van der Waals surface area (Å²) in [5, 5.41) is 3.11. The van der Waals surface area contributed by atoms with E-state index in [2.05, 4.69) is 15.0 Å². The van der Waals surface area contributed by atoms with E-state index in [-0.39, 0.29) is 0 Å². The Bertz CT molecular complexity index is 596. The molecule has 1 aromatic carbocycles. The highest BCUT2D eigenvalue weighted by Crippen LogP contribution is 2.23. The molecule has 0 atom stereocenters. The summed E-state index contributed by atoms with van der Waals surface area (Å²) in [4.78, 5) is 4.23. The Morgan fingerprint density at radius 3 is 2.89 bits per heavy atom. The molecule has 2 N–H and O–H groups in total. The number of ether oxygens (including phenoxy) is 1. The van der Waals surface area contributed by atoms with Gasteiger partial charge in [0.15, 0.2) is 0 Å². The summed E-state index contributed by atoms with van der Waals surface area (Å²) in [6.45, 7) is 3.88. The first-order chi connectivity index (χ1) is 8.94. The largest absolute Gasteiger partial charge is 0.485 e. The first-order valence-electron chi connectivity index (χ1n) is 5.92. The molecule has 0 aliphatic carbocycles. The average molecular weight is 283 g/mol. The third-order valence-corrected chi connectivity index (χ3v) is 3.21. The second kappa shape index (κ2) is 5.48. The summed E-state index contributed by atoms with van der Waals surface area (Å²) >= 11 is 0. The highest BCUT2D eigenvalue weighted by molar-refractivity contribution is 7.92. The van der Waals surface area contributed by atoms with Crippen LogP contribution in [-0.4, -0.2) is 40.2 Å². The lowest BCUT2D eigenvalue weighted by molar-refractivity contribution is 0.371. The quantitative estimate of drug-likeness (QED) is 0.835. The van der Waals surface area contributed by atoms with E-state index in [1.165, 1.54) is 0 Å². The summed E-state index contributed by atoms with van der Waals surface area (Å²) in [5.74, 6) is 1.46. The normalized spacial score (nSPS) is 14.7. The second-order valence-corrected chi connectivity index (χ2v) is 6.15. The van der Waals surface area contributed by atoms with Gasteiger partial charge in [0.1, 0.15) is 18.2 Å². The lowest BCUT2D eigenvalue weighted by Gasteiger charge is -2.11. The Morgan fingerprint density at radius 2 is 2.26 bits per heavy atom. The first-order valence-corrected chi connectivity index (χ1v) is 7.81. The highest BCUT2D eigenvalue weighted by atomic mass is 32.2. The van der Waals surface area contributed by atoms with Crippen molar-refractivity contribution < 1.29 is 13.2 Å². The van der Waals surface area contributed by atoms with Crippen LogP contribution in [-0.2, 0) is 10.0 Å². The molecule has 6 nitrogen and oxygen atoms in total. The third-order valence-electron chi connectivity index (χ3n) is 2.60. The van der Waals surface area contributed by atoms with Gasteiger partial charge >= 0.3 is 0 Å². The highest BCUT2D eigenvalue weighted by Gasteiger charge is 2.09. The maximum Gasteiger partial charge on any atom is 0.229 e. The molecule has 1 aliphatic rings. The molecule has 19 heavy (non-hydrogen) atoms. The van der Waals surface area contributed by atoms with Gasteiger partial charge in [0.2, 0.25) is 10.0 Å². The zero-order valence-corrected chi connectivity index (χ0v) is 11.8. The Kier molecular flexibility index (Phi) is 3.94. The van der Waals surface area contributed by atoms with E-state index in [0.29, 0.717) is 18.0 Å². The fraction of sp³-hybridized carbons (Fsp3) is 0.417. The zero-order chi connectivity index (χ0) is 13.9. The van der Waals surface area contributed by atoms with Gasteiger partial charge in [-0.25, -0.2) is 8.42 Å². The molecule has 0 aromatic heterocycles. The molecule has 7 heteroatoms. The Morgan fingerprint density at radius 1 is 1.47 bits per heavy atom. The van der Waals surface area contributed by atoms with Gasteiger partial charge < -0.3 is 10.1 Å². The van der Waals surface area contributed by atoms with Crippen molar-refractivity contribution in [2.24, 2.45) is 4.99 Å². The van der Waals surface area contributed by atoms with Gasteiger partial charge in [0, 0.05) is 12.6 Å². The molecule has 0 fully saturated rings. The van der Waals surface area contributed by atoms with Crippen molar-refractivity contribution in [1.29, 1.82) is 0 Å². The van der Waals surface area contributed by atoms with E-state index in [4.69, 9.17) is 4.74 Å². The number of sulfonamides is 1. The fourth-order valence-corrected chi connectivity index (χ4v) is 2.28. The van der Waals surface area contributed by atoms with Crippen molar-refractivity contribution in [3.8, 4) is 5.75 Å². The SMILES string of the molecule is Cc1ccc(NS(C)(=O)=O)cc1OCC1=NCCN1. The van der Waals surface area contributed by atoms with Crippen LogP contribution >= 0.6 is 0 Å². The smallest absolute Gasteiger partial charge is 0.229 e. The monoisotopic (exact) mass is 283 g/mol. The molecule has 0 unspecified atom stereocenters. The van der Waals surface area contributed by atoms with Gasteiger partial charge in [0.25, 0.3) is 0 Å². The van der Waals surface area contributed by atoms with E-state index >= 15 is 0 Å². The van der Waals surface area contributed by atoms with Crippen molar-refractivity contribution in [2.45, 2.75) is 6.92 Å². The summed E-state index contributed by atoms with van der Waals surface area (Å²) in [5.41, 5.74) is 1.43. The second-order valence-electron chi connectivity index (χ2n) is 4.40. The van der Waals surface area contributed by atoms with E-state index in [1.807, 2.05) is 13.0 Å². The molecule has 2 rings (SSSR count). The third kappa shape index (κ3) is 4.13. The van der Waals surface area contributed by atoms with Gasteiger partial charge in [0.05, 0.1) is 18.5 Å². The number of amidine groups is 1. The van der Waals surface area contributed by atoms with E-state index < -0.39 is 10.0 Å². The molecule has 1 aromatic rings. The molecule has 0 spiro atoms. The van der Waals surface area contributed by atoms with Gasteiger partial charge in [-0.3, -0.25) is 9.71 Å². The van der Waals surface area contributed by atoms with Crippen LogP contribution in [0.15, 0.2) is 23.2 Å². The molecule has 0 radical (unpaired) electrons. The number of nitrogens with one attached hydrogen (secondary N) is 2. The number of anilines is 1. The molecule has 0 bridgehead atoms. The van der Waals surface area contributed by atoms with Crippen molar-refractivity contribution >= 4 is 21.5 Å². The van der Waals surface area contributed by atoms with E-state index in [9.17, 15) is 8.42 Å². The fourth-order valence-electron chi connectivity index (χ4n) is 1.72. The van der Waals surface area contributed by atoms with Crippen molar-refractivity contribution in [1.82, 2.24) is 5.32 Å². The molecular formula is C12H17N3O3S. The van der Waals surface area contributed by atoms with Crippen LogP contribution in [0.1, 0.15) is 5.56 Å². The van der Waals surface area contributed by atoms with Crippen LogP contribution in [0.3, 0.4) is 0 Å². The Balaban J connectivity index is 2.08. The van der Waals surface area contributed by atoms with Gasteiger partial charge in [-0.05, 0) is 18.6 Å². The maximum absolute atomic E-state index is 11.2. The standard InChI is InChI=1S/C12H17N3O3S/c1-9-3-4-10(15-19(2,16)17)7-11(9)18-8-12-13-5-6-14-12/h3-4,7,15H,5-6,8H2,1-2H3,(H,13,14). The van der Waals surface area contributed by atoms with Crippen molar-refractivity contribution in [3.05, 3.63) is 23.8 Å². The topological polar surface area (TPSA) is 79.8 Å². The summed E-state index contributed by atoms with van der Waals surface area (Å²) < 4.78 is 30.4. The minimum Gasteiger partial charge on any atom is -0.485 e. The molecule has 1 aliphatic heterocycles. The number of hydrogen-bond donors (Lipinski definition) is 2. The predicted molar refractivity (Wildman–Crippen MR) is 75.4 cm³/mol. The van der Waals surface area contributed by atoms with Crippen LogP contribution in [0, 0.1) is 6.92 Å². The van der Waals surface area contributed by atoms with Crippen molar-refractivity contribution in [2.75, 3.05) is 30.7 Å². The first kappa shape index (κ1) is 13.7. The molecule has 104 valence electrons. The lowest BCUT2D eigenvalue weighted by atomic mass is 10.2. The number of benzene rings is 1. The number of aliphatic imine (C=N–C) groups is 1. The minimum atomic E-state index is -3.28. The van der Waals surface area contributed by atoms with Gasteiger partial charge in [-0.15, -0.1) is 0 Å². The van der Waals surface area contributed by atoms with Crippen molar-refractivity contribution in [3.63, 3.8) is 0 Å². The summed E-state index contributed by atoms with van der Waals surface area (Å²) in [6.07, 6.45) is 1.12. The summed E-state index contributed by atoms with van der Waals surface area (Å²) in [7, 11) is -3.28. The maximum atomic E-state index is 11.2. The van der Waals surface area contributed by atoms with Crippen LogP contribution in [0.25, 0.3) is 0 Å². The predicted octanol–water partition coefficient (Wildman–Crippen LogP) is 0.747. The van der Waals surface area contributed by atoms with Crippen LogP contribution in [0.2, 0.25) is 0 Å². The lowest BCUT2D eigenvalue weighted by Crippen LogP contribution is -2.25. The van der Waals surface area contributed by atoms with Crippen LogP contribution in [0.4, 0.5) is 5.69 Å². The minimum absolute atomic E-state index is 0.364. The summed E-state index contributed by atoms with van der Waals surface area (Å²) in [6, 6.07) is 5.19. The molecule has 0 saturated heterocycles. The van der Waals surface area contributed by atoms with Crippen LogP contribution in [0.5, 0.6) is 5.75 Å². The van der Waals surface area contributed by atoms with Gasteiger partial charge in [-0.2, -0.15) is 0 Å². The number of aryl methyl sites for hydroxylation is 1. The average Bonchev–Trinajstić information content (AvgIpc) is 2.81. The number of rotatable bonds is 5. The van der Waals surface area contributed by atoms with Crippen LogP contribution < -0.4 is 14.8 Å². The molecule has 0 saturated carbocycles. The Hall–Kier alpha value is -1.76. The van der Waals surface area contributed by atoms with E-state index in [1.54, 1.807) is 12.1 Å². The zero-order valence-electron chi connectivity index (χ0n) is 10.9. The number of nitrogens with zero attached hydrogens (tertiary/aromatic N) is 1. The number of hydrogen-bond acceptors (Lipinski definition) is 5. The van der Waals surface area contributed by atoms with Gasteiger partial charge in [-0.1, -0.05) is 6.07 Å². The molecule has 1 heterocycles. The Labute approximate surface area is 112 Å². The molecule has 0 amide bonds. The van der Waals surface area contributed by atoms with E-state index in [0.717, 1.165) is 30.7 Å². The molecular weight excluding hydrogens is 266 g/mol.